The first-order valence-electron chi connectivity index (χ1n) is 5.12. The molecule has 5 N–H and O–H groups in total. The molecule has 10 heteroatoms. The van der Waals surface area contributed by atoms with Crippen molar-refractivity contribution in [2.24, 2.45) is 15.9 Å². The molecule has 0 saturated carbocycles. The van der Waals surface area contributed by atoms with E-state index in [1.807, 2.05) is 0 Å². The van der Waals surface area contributed by atoms with Crippen LogP contribution in [0.4, 0.5) is 5.82 Å². The molecule has 0 spiro atoms. The number of benzene rings is 1. The summed E-state index contributed by atoms with van der Waals surface area (Å²) in [5.41, 5.74) is 11.9. The molecule has 1 aromatic carbocycles. The lowest BCUT2D eigenvalue weighted by molar-refractivity contribution is 0.308. The number of nitrogen functional groups attached to an aromatic ring is 1. The topological polar surface area (TPSA) is 136 Å². The summed E-state index contributed by atoms with van der Waals surface area (Å²) in [6.07, 6.45) is 1.45. The van der Waals surface area contributed by atoms with Crippen LogP contribution in [-0.4, -0.2) is 27.5 Å². The van der Waals surface area contributed by atoms with Gasteiger partial charge in [0.1, 0.15) is 5.75 Å². The van der Waals surface area contributed by atoms with E-state index in [1.165, 1.54) is 6.21 Å². The fraction of sp³-hybridized carbons (Fsp3) is 0. The number of rotatable bonds is 3. The fourth-order valence-corrected chi connectivity index (χ4v) is 2.46. The van der Waals surface area contributed by atoms with Gasteiger partial charge in [-0.3, -0.25) is 0 Å². The van der Waals surface area contributed by atoms with E-state index in [9.17, 15) is 5.11 Å². The molecule has 1 aromatic heterocycles. The van der Waals surface area contributed by atoms with Crippen LogP contribution in [0, 0.1) is 0 Å². The second kappa shape index (κ2) is 6.01. The number of hydrogen-bond donors (Lipinski definition) is 3. The molecule has 0 aliphatic rings. The number of phenolic OH excluding ortho intramolecular Hbond substituents is 1. The Morgan fingerprint density at radius 2 is 1.95 bits per heavy atom. The third-order valence-corrected chi connectivity index (χ3v) is 3.38. The summed E-state index contributed by atoms with van der Waals surface area (Å²) in [4.78, 5) is 0. The smallest absolute Gasteiger partial charge is 0.199 e. The summed E-state index contributed by atoms with van der Waals surface area (Å²) in [6, 6.07) is 3.34. The van der Waals surface area contributed by atoms with Gasteiger partial charge in [-0.25, -0.2) is 4.63 Å². The van der Waals surface area contributed by atoms with Crippen LogP contribution in [0.5, 0.6) is 5.75 Å². The quantitative estimate of drug-likeness (QED) is 0.404. The lowest BCUT2D eigenvalue weighted by Crippen LogP contribution is -2.15. The molecule has 0 unspecified atom stereocenters. The molecular formula is C10H8Br2N6O2. The average Bonchev–Trinajstić information content (AvgIpc) is 2.82. The number of aromatic hydroxyl groups is 1. The van der Waals surface area contributed by atoms with Gasteiger partial charge in [0.25, 0.3) is 0 Å². The molecule has 0 bridgehead atoms. The van der Waals surface area contributed by atoms with Crippen LogP contribution in [0.2, 0.25) is 0 Å². The van der Waals surface area contributed by atoms with Crippen molar-refractivity contribution in [1.29, 1.82) is 0 Å². The number of anilines is 1. The third-order valence-electron chi connectivity index (χ3n) is 2.17. The minimum Gasteiger partial charge on any atom is -0.506 e. The SMILES string of the molecule is NC(=NN=Cc1cc(Br)c(O)c(Br)c1)c1nonc1N. The molecule has 8 nitrogen and oxygen atoms in total. The van der Waals surface area contributed by atoms with Crippen molar-refractivity contribution in [3.63, 3.8) is 0 Å². The van der Waals surface area contributed by atoms with E-state index in [0.717, 1.165) is 0 Å². The lowest BCUT2D eigenvalue weighted by atomic mass is 10.2. The number of nitrogens with zero attached hydrogens (tertiary/aromatic N) is 4. The van der Waals surface area contributed by atoms with Gasteiger partial charge in [0.05, 0.1) is 15.2 Å². The molecule has 2 rings (SSSR count). The highest BCUT2D eigenvalue weighted by Crippen LogP contribution is 2.32. The fourth-order valence-electron chi connectivity index (χ4n) is 1.24. The molecule has 0 fully saturated rings. The molecule has 20 heavy (non-hydrogen) atoms. The van der Waals surface area contributed by atoms with Crippen molar-refractivity contribution >= 4 is 49.7 Å². The van der Waals surface area contributed by atoms with Crippen LogP contribution in [-0.2, 0) is 0 Å². The molecule has 0 radical (unpaired) electrons. The first-order valence-corrected chi connectivity index (χ1v) is 6.70. The van der Waals surface area contributed by atoms with Crippen molar-refractivity contribution in [3.8, 4) is 5.75 Å². The second-order valence-electron chi connectivity index (χ2n) is 3.56. The Bertz CT molecular complexity index is 674. The van der Waals surface area contributed by atoms with Gasteiger partial charge in [-0.1, -0.05) is 0 Å². The highest BCUT2D eigenvalue weighted by molar-refractivity contribution is 9.11. The summed E-state index contributed by atoms with van der Waals surface area (Å²) in [5.74, 6) is 0.125. The molecule has 104 valence electrons. The number of amidine groups is 1. The number of phenols is 1. The second-order valence-corrected chi connectivity index (χ2v) is 5.27. The predicted octanol–water partition coefficient (Wildman–Crippen LogP) is 1.62. The van der Waals surface area contributed by atoms with Gasteiger partial charge in [-0.05, 0) is 59.9 Å². The Morgan fingerprint density at radius 3 is 2.50 bits per heavy atom. The summed E-state index contributed by atoms with van der Waals surface area (Å²) >= 11 is 6.42. The predicted molar refractivity (Wildman–Crippen MR) is 80.5 cm³/mol. The van der Waals surface area contributed by atoms with Crippen LogP contribution in [0.1, 0.15) is 11.3 Å². The summed E-state index contributed by atoms with van der Waals surface area (Å²) in [6.45, 7) is 0. The Kier molecular flexibility index (Phi) is 4.35. The van der Waals surface area contributed by atoms with Crippen LogP contribution in [0.3, 0.4) is 0 Å². The molecule has 2 aromatic rings. The minimum atomic E-state index is -0.0168. The summed E-state index contributed by atoms with van der Waals surface area (Å²) in [5, 5.41) is 24.0. The van der Waals surface area contributed by atoms with Gasteiger partial charge >= 0.3 is 0 Å². The van der Waals surface area contributed by atoms with Crippen molar-refractivity contribution < 1.29 is 9.74 Å². The van der Waals surface area contributed by atoms with Gasteiger partial charge in [-0.2, -0.15) is 5.10 Å². The monoisotopic (exact) mass is 402 g/mol. The summed E-state index contributed by atoms with van der Waals surface area (Å²) in [7, 11) is 0. The molecule has 1 heterocycles. The van der Waals surface area contributed by atoms with Crippen molar-refractivity contribution in [1.82, 2.24) is 10.3 Å². The van der Waals surface area contributed by atoms with E-state index in [4.69, 9.17) is 11.5 Å². The van der Waals surface area contributed by atoms with Crippen molar-refractivity contribution in [2.45, 2.75) is 0 Å². The standard InChI is InChI=1S/C10H8Br2N6O2/c11-5-1-4(2-6(12)8(5)19)3-15-16-9(13)7-10(14)18-20-17-7/h1-3,19H,(H2,13,16)(H2,14,18). The Hall–Kier alpha value is -1.94. The highest BCUT2D eigenvalue weighted by Gasteiger charge is 2.10. The van der Waals surface area contributed by atoms with Gasteiger partial charge in [0.2, 0.25) is 0 Å². The molecule has 0 amide bonds. The van der Waals surface area contributed by atoms with Crippen LogP contribution < -0.4 is 11.5 Å². The maximum atomic E-state index is 9.57. The third kappa shape index (κ3) is 3.14. The van der Waals surface area contributed by atoms with Gasteiger partial charge in [0.15, 0.2) is 17.3 Å². The van der Waals surface area contributed by atoms with Crippen molar-refractivity contribution in [3.05, 3.63) is 32.3 Å². The van der Waals surface area contributed by atoms with E-state index < -0.39 is 0 Å². The number of nitrogens with two attached hydrogens (primary N) is 2. The number of aromatic nitrogens is 2. The van der Waals surface area contributed by atoms with Crippen LogP contribution in [0.15, 0.2) is 35.9 Å². The lowest BCUT2D eigenvalue weighted by Gasteiger charge is -2.01. The number of hydrogen-bond acceptors (Lipinski definition) is 7. The van der Waals surface area contributed by atoms with E-state index in [-0.39, 0.29) is 23.1 Å². The zero-order valence-electron chi connectivity index (χ0n) is 9.79. The van der Waals surface area contributed by atoms with Crippen LogP contribution >= 0.6 is 31.9 Å². The largest absolute Gasteiger partial charge is 0.506 e. The zero-order chi connectivity index (χ0) is 14.7. The van der Waals surface area contributed by atoms with E-state index >= 15 is 0 Å². The van der Waals surface area contributed by atoms with Gasteiger partial charge in [-0.15, -0.1) is 5.10 Å². The molecule has 0 atom stereocenters. The molecule has 0 aliphatic heterocycles. The Morgan fingerprint density at radius 1 is 1.30 bits per heavy atom. The zero-order valence-corrected chi connectivity index (χ0v) is 13.0. The van der Waals surface area contributed by atoms with Gasteiger partial charge < -0.3 is 16.6 Å². The van der Waals surface area contributed by atoms with Gasteiger partial charge in [0, 0.05) is 0 Å². The van der Waals surface area contributed by atoms with E-state index in [2.05, 4.69) is 57.0 Å². The Balaban J connectivity index is 2.20. The highest BCUT2D eigenvalue weighted by atomic mass is 79.9. The van der Waals surface area contributed by atoms with Crippen LogP contribution in [0.25, 0.3) is 0 Å². The van der Waals surface area contributed by atoms with E-state index in [1.54, 1.807) is 12.1 Å². The first-order chi connectivity index (χ1) is 9.49. The molecule has 0 aliphatic carbocycles. The molecular weight excluding hydrogens is 396 g/mol. The average molecular weight is 404 g/mol. The molecule has 0 saturated heterocycles. The maximum Gasteiger partial charge on any atom is 0.199 e. The number of halogens is 2. The van der Waals surface area contributed by atoms with Crippen molar-refractivity contribution in [2.75, 3.05) is 5.73 Å². The minimum absolute atomic E-state index is 0.0168. The normalized spacial score (nSPS) is 12.2. The first kappa shape index (κ1) is 14.5. The van der Waals surface area contributed by atoms with E-state index in [0.29, 0.717) is 14.5 Å². The Labute approximate surface area is 129 Å². The maximum absolute atomic E-state index is 9.57. The summed E-state index contributed by atoms with van der Waals surface area (Å²) < 4.78 is 5.44.